The minimum Gasteiger partial charge on any atom is -0.465 e. The molecule has 3 rings (SSSR count). The molecule has 0 saturated heterocycles. The van der Waals surface area contributed by atoms with Gasteiger partial charge in [-0.25, -0.2) is 9.78 Å². The Labute approximate surface area is 139 Å². The molecular formula is C19H15N3O2. The number of imidazole rings is 1. The highest BCUT2D eigenvalue weighted by Crippen LogP contribution is 2.22. The Balaban J connectivity index is 2.01. The first-order valence-electron chi connectivity index (χ1n) is 7.36. The van der Waals surface area contributed by atoms with E-state index >= 15 is 0 Å². The minimum absolute atomic E-state index is 0.388. The molecule has 0 N–H and O–H groups in total. The second-order valence-electron chi connectivity index (χ2n) is 5.27. The van der Waals surface area contributed by atoms with Gasteiger partial charge in [0.2, 0.25) is 0 Å². The van der Waals surface area contributed by atoms with Crippen LogP contribution in [0.25, 0.3) is 22.7 Å². The van der Waals surface area contributed by atoms with Crippen molar-refractivity contribution in [2.75, 3.05) is 7.11 Å². The Hall–Kier alpha value is -3.39. The Morgan fingerprint density at radius 2 is 1.92 bits per heavy atom. The van der Waals surface area contributed by atoms with Crippen molar-refractivity contribution in [2.24, 2.45) is 7.05 Å². The number of esters is 1. The van der Waals surface area contributed by atoms with Crippen LogP contribution < -0.4 is 0 Å². The van der Waals surface area contributed by atoms with E-state index in [1.165, 1.54) is 7.11 Å². The summed E-state index contributed by atoms with van der Waals surface area (Å²) in [5.74, 6) is 0.220. The molecule has 3 aromatic rings. The smallest absolute Gasteiger partial charge is 0.337 e. The third-order valence-corrected chi connectivity index (χ3v) is 3.79. The van der Waals surface area contributed by atoms with Crippen molar-refractivity contribution in [3.8, 4) is 6.07 Å². The second-order valence-corrected chi connectivity index (χ2v) is 5.27. The van der Waals surface area contributed by atoms with Crippen LogP contribution in [0, 0.1) is 11.3 Å². The molecule has 118 valence electrons. The van der Waals surface area contributed by atoms with Crippen molar-refractivity contribution in [1.82, 2.24) is 9.55 Å². The van der Waals surface area contributed by atoms with E-state index in [9.17, 15) is 10.1 Å². The number of carbonyl (C=O) groups is 1. The number of allylic oxidation sites excluding steroid dienone is 1. The van der Waals surface area contributed by atoms with Gasteiger partial charge >= 0.3 is 5.97 Å². The van der Waals surface area contributed by atoms with Crippen molar-refractivity contribution < 1.29 is 9.53 Å². The predicted octanol–water partition coefficient (Wildman–Crippen LogP) is 3.42. The van der Waals surface area contributed by atoms with Gasteiger partial charge in [-0.15, -0.1) is 0 Å². The number of ether oxygens (including phenoxy) is 1. The van der Waals surface area contributed by atoms with Gasteiger partial charge in [0.1, 0.15) is 6.07 Å². The van der Waals surface area contributed by atoms with Crippen molar-refractivity contribution in [3.05, 3.63) is 65.5 Å². The second kappa shape index (κ2) is 6.39. The average molecular weight is 317 g/mol. The largest absolute Gasteiger partial charge is 0.465 e. The molecule has 1 aromatic heterocycles. The van der Waals surface area contributed by atoms with Gasteiger partial charge < -0.3 is 9.30 Å². The number of hydrogen-bond donors (Lipinski definition) is 0. The van der Waals surface area contributed by atoms with Crippen LogP contribution in [0.4, 0.5) is 0 Å². The van der Waals surface area contributed by atoms with Crippen molar-refractivity contribution in [1.29, 1.82) is 5.26 Å². The molecule has 0 fully saturated rings. The SMILES string of the molecule is COC(=O)c1ccc(/C=C(\C#N)c2nc3ccccc3n2C)cc1. The monoisotopic (exact) mass is 317 g/mol. The number of benzene rings is 2. The molecule has 0 atom stereocenters. The standard InChI is InChI=1S/C19H15N3O2/c1-22-17-6-4-3-5-16(17)21-18(22)15(12-20)11-13-7-9-14(10-8-13)19(23)24-2/h3-11H,1-2H3/b15-11+. The summed E-state index contributed by atoms with van der Waals surface area (Å²) in [4.78, 5) is 16.0. The summed E-state index contributed by atoms with van der Waals surface area (Å²) >= 11 is 0. The van der Waals surface area contributed by atoms with Gasteiger partial charge in [0.15, 0.2) is 5.82 Å². The summed E-state index contributed by atoms with van der Waals surface area (Å²) in [5.41, 5.74) is 3.55. The number of aromatic nitrogens is 2. The summed E-state index contributed by atoms with van der Waals surface area (Å²) in [6.07, 6.45) is 1.75. The molecule has 0 spiro atoms. The maximum Gasteiger partial charge on any atom is 0.337 e. The zero-order valence-corrected chi connectivity index (χ0v) is 13.4. The van der Waals surface area contributed by atoms with E-state index in [0.29, 0.717) is 17.0 Å². The van der Waals surface area contributed by atoms with Gasteiger partial charge in [0, 0.05) is 7.05 Å². The molecule has 24 heavy (non-hydrogen) atoms. The lowest BCUT2D eigenvalue weighted by atomic mass is 10.1. The number of nitrogens with zero attached hydrogens (tertiary/aromatic N) is 3. The molecule has 5 nitrogen and oxygen atoms in total. The fraction of sp³-hybridized carbons (Fsp3) is 0.105. The zero-order chi connectivity index (χ0) is 17.1. The predicted molar refractivity (Wildman–Crippen MR) is 92.0 cm³/mol. The lowest BCUT2D eigenvalue weighted by molar-refractivity contribution is 0.0600. The van der Waals surface area contributed by atoms with E-state index in [1.54, 1.807) is 30.3 Å². The number of methoxy groups -OCH3 is 1. The molecule has 0 radical (unpaired) electrons. The number of fused-ring (bicyclic) bond motifs is 1. The number of aryl methyl sites for hydroxylation is 1. The van der Waals surface area contributed by atoms with Gasteiger partial charge in [0.05, 0.1) is 29.3 Å². The quantitative estimate of drug-likeness (QED) is 0.548. The first-order valence-corrected chi connectivity index (χ1v) is 7.36. The lowest BCUT2D eigenvalue weighted by Gasteiger charge is -2.02. The van der Waals surface area contributed by atoms with E-state index in [2.05, 4.69) is 15.8 Å². The fourth-order valence-corrected chi connectivity index (χ4v) is 2.53. The normalized spacial score (nSPS) is 11.3. The van der Waals surface area contributed by atoms with Gasteiger partial charge in [-0.3, -0.25) is 0 Å². The summed E-state index contributed by atoms with van der Waals surface area (Å²) < 4.78 is 6.57. The summed E-state index contributed by atoms with van der Waals surface area (Å²) in [6.45, 7) is 0. The highest BCUT2D eigenvalue weighted by molar-refractivity contribution is 5.92. The Kier molecular flexibility index (Phi) is 4.13. The van der Waals surface area contributed by atoms with E-state index in [-0.39, 0.29) is 5.97 Å². The first-order chi connectivity index (χ1) is 11.6. The average Bonchev–Trinajstić information content (AvgIpc) is 2.96. The van der Waals surface area contributed by atoms with E-state index in [0.717, 1.165) is 16.6 Å². The molecule has 0 unspecified atom stereocenters. The Bertz CT molecular complexity index is 976. The topological polar surface area (TPSA) is 67.9 Å². The van der Waals surface area contributed by atoms with Crippen LogP contribution in [-0.2, 0) is 11.8 Å². The van der Waals surface area contributed by atoms with Crippen molar-refractivity contribution in [2.45, 2.75) is 0 Å². The number of rotatable bonds is 3. The zero-order valence-electron chi connectivity index (χ0n) is 13.4. The van der Waals surface area contributed by atoms with E-state index in [1.807, 2.05) is 35.9 Å². The van der Waals surface area contributed by atoms with Gasteiger partial charge in [-0.05, 0) is 35.9 Å². The van der Waals surface area contributed by atoms with Gasteiger partial charge in [-0.1, -0.05) is 24.3 Å². The third kappa shape index (κ3) is 2.77. The van der Waals surface area contributed by atoms with Crippen molar-refractivity contribution >= 4 is 28.7 Å². The van der Waals surface area contributed by atoms with Crippen LogP contribution in [-0.4, -0.2) is 22.6 Å². The summed E-state index contributed by atoms with van der Waals surface area (Å²) in [5, 5.41) is 9.53. The number of nitriles is 1. The highest BCUT2D eigenvalue weighted by atomic mass is 16.5. The highest BCUT2D eigenvalue weighted by Gasteiger charge is 2.12. The molecule has 0 bridgehead atoms. The third-order valence-electron chi connectivity index (χ3n) is 3.79. The Morgan fingerprint density at radius 3 is 2.54 bits per heavy atom. The molecular weight excluding hydrogens is 302 g/mol. The van der Waals surface area contributed by atoms with Crippen LogP contribution >= 0.6 is 0 Å². The fourth-order valence-electron chi connectivity index (χ4n) is 2.53. The molecule has 2 aromatic carbocycles. The van der Waals surface area contributed by atoms with E-state index in [4.69, 9.17) is 0 Å². The van der Waals surface area contributed by atoms with Gasteiger partial charge in [-0.2, -0.15) is 5.26 Å². The molecule has 0 aliphatic carbocycles. The Morgan fingerprint density at radius 1 is 1.21 bits per heavy atom. The molecule has 5 heteroatoms. The van der Waals surface area contributed by atoms with Crippen LogP contribution in [0.1, 0.15) is 21.7 Å². The first kappa shape index (κ1) is 15.5. The molecule has 0 saturated carbocycles. The maximum atomic E-state index is 11.5. The van der Waals surface area contributed by atoms with Crippen molar-refractivity contribution in [3.63, 3.8) is 0 Å². The minimum atomic E-state index is -0.388. The molecule has 0 aliphatic rings. The summed E-state index contributed by atoms with van der Waals surface area (Å²) in [6, 6.07) is 16.8. The van der Waals surface area contributed by atoms with Crippen LogP contribution in [0.3, 0.4) is 0 Å². The maximum absolute atomic E-state index is 11.5. The van der Waals surface area contributed by atoms with E-state index < -0.39 is 0 Å². The number of para-hydroxylation sites is 2. The van der Waals surface area contributed by atoms with Crippen LogP contribution in [0.2, 0.25) is 0 Å². The molecule has 1 heterocycles. The van der Waals surface area contributed by atoms with Crippen LogP contribution in [0.5, 0.6) is 0 Å². The van der Waals surface area contributed by atoms with Gasteiger partial charge in [0.25, 0.3) is 0 Å². The molecule has 0 amide bonds. The lowest BCUT2D eigenvalue weighted by Crippen LogP contribution is -2.00. The van der Waals surface area contributed by atoms with Crippen LogP contribution in [0.15, 0.2) is 48.5 Å². The number of hydrogen-bond acceptors (Lipinski definition) is 4. The molecule has 0 aliphatic heterocycles. The summed E-state index contributed by atoms with van der Waals surface area (Å²) in [7, 11) is 3.23. The number of carbonyl (C=O) groups excluding carboxylic acids is 1.